The SMILES string of the molecule is COC(=O)c1cccc(O[C@@H]2C[C@@H]3CN(Cc4ncccn4)C[C@@H]3C[C@H]2O)c1. The second-order valence-corrected chi connectivity index (χ2v) is 7.59. The number of nitrogens with zero attached hydrogens (tertiary/aromatic N) is 3. The molecule has 2 heterocycles. The predicted octanol–water partition coefficient (Wildman–Crippen LogP) is 1.91. The number of ether oxygens (including phenoxy) is 2. The number of hydrogen-bond donors (Lipinski definition) is 1. The summed E-state index contributed by atoms with van der Waals surface area (Å²) in [4.78, 5) is 22.7. The molecule has 4 atom stereocenters. The zero-order valence-corrected chi connectivity index (χ0v) is 15.9. The van der Waals surface area contributed by atoms with Crippen molar-refractivity contribution in [2.24, 2.45) is 11.8 Å². The highest BCUT2D eigenvalue weighted by atomic mass is 16.5. The van der Waals surface area contributed by atoms with Crippen molar-refractivity contribution < 1.29 is 19.4 Å². The Hall–Kier alpha value is -2.51. The monoisotopic (exact) mass is 383 g/mol. The maximum Gasteiger partial charge on any atom is 0.337 e. The Bertz CT molecular complexity index is 816. The molecule has 1 N–H and O–H groups in total. The van der Waals surface area contributed by atoms with Gasteiger partial charge in [-0.1, -0.05) is 6.07 Å². The standard InChI is InChI=1S/C21H25N3O4/c1-27-21(26)14-4-2-5-17(8-14)28-19-10-16-12-24(11-15(16)9-18(19)25)13-20-22-6-3-7-23-20/h2-8,15-16,18-19,25H,9-13H2,1H3/t15-,16+,18+,19+/m0/s1. The number of rotatable bonds is 5. The van der Waals surface area contributed by atoms with Gasteiger partial charge in [0.25, 0.3) is 0 Å². The molecule has 2 aromatic rings. The Morgan fingerprint density at radius 1 is 1.18 bits per heavy atom. The van der Waals surface area contributed by atoms with Gasteiger partial charge in [-0.2, -0.15) is 0 Å². The number of hydrogen-bond acceptors (Lipinski definition) is 7. The molecule has 1 aromatic heterocycles. The van der Waals surface area contributed by atoms with E-state index in [1.165, 1.54) is 7.11 Å². The largest absolute Gasteiger partial charge is 0.488 e. The van der Waals surface area contributed by atoms with E-state index in [1.807, 2.05) is 6.07 Å². The van der Waals surface area contributed by atoms with Gasteiger partial charge in [-0.05, 0) is 48.9 Å². The smallest absolute Gasteiger partial charge is 0.337 e. The molecule has 0 amide bonds. The number of carbonyl (C=O) groups is 1. The summed E-state index contributed by atoms with van der Waals surface area (Å²) in [5.74, 6) is 1.94. The van der Waals surface area contributed by atoms with Crippen LogP contribution in [0.4, 0.5) is 0 Å². The van der Waals surface area contributed by atoms with Gasteiger partial charge in [-0.25, -0.2) is 14.8 Å². The van der Waals surface area contributed by atoms with Gasteiger partial charge < -0.3 is 14.6 Å². The average molecular weight is 383 g/mol. The predicted molar refractivity (Wildman–Crippen MR) is 102 cm³/mol. The quantitative estimate of drug-likeness (QED) is 0.790. The van der Waals surface area contributed by atoms with Crippen LogP contribution in [0, 0.1) is 11.8 Å². The fourth-order valence-corrected chi connectivity index (χ4v) is 4.34. The lowest BCUT2D eigenvalue weighted by atomic mass is 9.78. The number of carbonyl (C=O) groups excluding carboxylic acids is 1. The second kappa shape index (κ2) is 8.24. The lowest BCUT2D eigenvalue weighted by Gasteiger charge is -2.35. The van der Waals surface area contributed by atoms with Crippen molar-refractivity contribution in [2.45, 2.75) is 31.6 Å². The van der Waals surface area contributed by atoms with Crippen molar-refractivity contribution in [3.8, 4) is 5.75 Å². The van der Waals surface area contributed by atoms with E-state index in [0.717, 1.165) is 38.3 Å². The van der Waals surface area contributed by atoms with E-state index >= 15 is 0 Å². The van der Waals surface area contributed by atoms with Crippen LogP contribution >= 0.6 is 0 Å². The van der Waals surface area contributed by atoms with Crippen LogP contribution in [-0.4, -0.2) is 58.4 Å². The van der Waals surface area contributed by atoms with E-state index in [9.17, 15) is 9.90 Å². The third-order valence-electron chi connectivity index (χ3n) is 5.69. The molecule has 1 saturated heterocycles. The number of aliphatic hydroxyl groups is 1. The first-order valence-electron chi connectivity index (χ1n) is 9.63. The molecular formula is C21H25N3O4. The topological polar surface area (TPSA) is 84.8 Å². The van der Waals surface area contributed by atoms with Gasteiger partial charge in [-0.3, -0.25) is 4.90 Å². The summed E-state index contributed by atoms with van der Waals surface area (Å²) < 4.78 is 10.8. The van der Waals surface area contributed by atoms with Crippen LogP contribution in [-0.2, 0) is 11.3 Å². The van der Waals surface area contributed by atoms with Crippen LogP contribution in [0.5, 0.6) is 5.75 Å². The summed E-state index contributed by atoms with van der Waals surface area (Å²) in [6.07, 6.45) is 4.25. The van der Waals surface area contributed by atoms with Crippen molar-refractivity contribution in [3.05, 3.63) is 54.1 Å². The maximum atomic E-state index is 11.7. The Morgan fingerprint density at radius 2 is 1.93 bits per heavy atom. The van der Waals surface area contributed by atoms with Gasteiger partial charge in [0, 0.05) is 25.5 Å². The number of aliphatic hydroxyl groups excluding tert-OH is 1. The molecule has 0 bridgehead atoms. The molecule has 0 unspecified atom stereocenters. The fraction of sp³-hybridized carbons (Fsp3) is 0.476. The van der Waals surface area contributed by atoms with E-state index in [2.05, 4.69) is 14.9 Å². The summed E-state index contributed by atoms with van der Waals surface area (Å²) >= 11 is 0. The van der Waals surface area contributed by atoms with Gasteiger partial charge in [0.2, 0.25) is 0 Å². The minimum absolute atomic E-state index is 0.276. The summed E-state index contributed by atoms with van der Waals surface area (Å²) in [5, 5.41) is 10.6. The molecule has 1 aromatic carbocycles. The summed E-state index contributed by atoms with van der Waals surface area (Å²) in [6.45, 7) is 2.64. The number of fused-ring (bicyclic) bond motifs is 1. The molecule has 2 fully saturated rings. The van der Waals surface area contributed by atoms with Crippen LogP contribution in [0.15, 0.2) is 42.7 Å². The van der Waals surface area contributed by atoms with Crippen molar-refractivity contribution in [1.29, 1.82) is 0 Å². The molecule has 7 nitrogen and oxygen atoms in total. The number of methoxy groups -OCH3 is 1. The highest BCUT2D eigenvalue weighted by molar-refractivity contribution is 5.89. The Kier molecular flexibility index (Phi) is 5.54. The summed E-state index contributed by atoms with van der Waals surface area (Å²) in [6, 6.07) is 8.74. The van der Waals surface area contributed by atoms with Crippen molar-refractivity contribution in [2.75, 3.05) is 20.2 Å². The highest BCUT2D eigenvalue weighted by Crippen LogP contribution is 2.38. The van der Waals surface area contributed by atoms with E-state index in [-0.39, 0.29) is 6.10 Å². The molecular weight excluding hydrogens is 358 g/mol. The molecule has 7 heteroatoms. The van der Waals surface area contributed by atoms with Crippen molar-refractivity contribution in [3.63, 3.8) is 0 Å². The third-order valence-corrected chi connectivity index (χ3v) is 5.69. The normalized spacial score (nSPS) is 27.2. The Labute approximate surface area is 164 Å². The molecule has 1 aliphatic heterocycles. The first-order valence-corrected chi connectivity index (χ1v) is 9.63. The summed E-state index contributed by atoms with van der Waals surface area (Å²) in [7, 11) is 1.35. The molecule has 1 aliphatic carbocycles. The first-order chi connectivity index (χ1) is 13.6. The van der Waals surface area contributed by atoms with Crippen LogP contribution in [0.3, 0.4) is 0 Å². The van der Waals surface area contributed by atoms with Crippen molar-refractivity contribution >= 4 is 5.97 Å². The van der Waals surface area contributed by atoms with Crippen molar-refractivity contribution in [1.82, 2.24) is 14.9 Å². The van der Waals surface area contributed by atoms with Crippen LogP contribution in [0.1, 0.15) is 29.0 Å². The van der Waals surface area contributed by atoms with Gasteiger partial charge >= 0.3 is 5.97 Å². The zero-order chi connectivity index (χ0) is 19.5. The molecule has 0 spiro atoms. The lowest BCUT2D eigenvalue weighted by molar-refractivity contribution is -0.0231. The molecule has 0 radical (unpaired) electrons. The van der Waals surface area contributed by atoms with Gasteiger partial charge in [-0.15, -0.1) is 0 Å². The van der Waals surface area contributed by atoms with E-state index < -0.39 is 12.1 Å². The highest BCUT2D eigenvalue weighted by Gasteiger charge is 2.42. The molecule has 1 saturated carbocycles. The van der Waals surface area contributed by atoms with E-state index in [0.29, 0.717) is 23.1 Å². The maximum absolute atomic E-state index is 11.7. The van der Waals surface area contributed by atoms with Crippen LogP contribution < -0.4 is 4.74 Å². The number of likely N-dealkylation sites (tertiary alicyclic amines) is 1. The lowest BCUT2D eigenvalue weighted by Crippen LogP contribution is -2.42. The number of esters is 1. The fourth-order valence-electron chi connectivity index (χ4n) is 4.34. The van der Waals surface area contributed by atoms with Crippen LogP contribution in [0.25, 0.3) is 0 Å². The Morgan fingerprint density at radius 3 is 2.68 bits per heavy atom. The number of aromatic nitrogens is 2. The molecule has 2 aliphatic rings. The zero-order valence-electron chi connectivity index (χ0n) is 15.9. The minimum Gasteiger partial charge on any atom is -0.488 e. The molecule has 28 heavy (non-hydrogen) atoms. The number of benzene rings is 1. The van der Waals surface area contributed by atoms with Gasteiger partial charge in [0.15, 0.2) is 0 Å². The summed E-state index contributed by atoms with van der Waals surface area (Å²) in [5.41, 5.74) is 0.443. The van der Waals surface area contributed by atoms with E-state index in [4.69, 9.17) is 9.47 Å². The Balaban J connectivity index is 1.38. The second-order valence-electron chi connectivity index (χ2n) is 7.59. The average Bonchev–Trinajstić information content (AvgIpc) is 3.09. The van der Waals surface area contributed by atoms with Gasteiger partial charge in [0.05, 0.1) is 25.3 Å². The third kappa shape index (κ3) is 4.15. The van der Waals surface area contributed by atoms with E-state index in [1.54, 1.807) is 36.7 Å². The first kappa shape index (κ1) is 18.8. The molecule has 4 rings (SSSR count). The van der Waals surface area contributed by atoms with Crippen LogP contribution in [0.2, 0.25) is 0 Å². The van der Waals surface area contributed by atoms with Gasteiger partial charge in [0.1, 0.15) is 17.7 Å². The molecule has 148 valence electrons. The minimum atomic E-state index is -0.518.